The van der Waals surface area contributed by atoms with Gasteiger partial charge in [0.15, 0.2) is 0 Å². The molecule has 0 fully saturated rings. The number of nitrogens with zero attached hydrogens (tertiary/aromatic N) is 2. The van der Waals surface area contributed by atoms with E-state index in [-0.39, 0.29) is 12.3 Å². The van der Waals surface area contributed by atoms with Gasteiger partial charge >= 0.3 is 5.63 Å². The fourth-order valence-corrected chi connectivity index (χ4v) is 4.67. The van der Waals surface area contributed by atoms with Gasteiger partial charge < -0.3 is 18.7 Å². The van der Waals surface area contributed by atoms with Gasteiger partial charge in [-0.05, 0) is 44.4 Å². The number of amides is 1. The number of imidazole rings is 1. The molecule has 0 aliphatic rings. The number of aromatic nitrogens is 2. The lowest BCUT2D eigenvalue weighted by Gasteiger charge is -2.11. The highest BCUT2D eigenvalue weighted by atomic mass is 16.4. The van der Waals surface area contributed by atoms with E-state index in [1.54, 1.807) is 12.5 Å². The van der Waals surface area contributed by atoms with E-state index in [0.29, 0.717) is 23.3 Å². The molecule has 178 valence electrons. The van der Waals surface area contributed by atoms with Crippen LogP contribution in [-0.2, 0) is 17.8 Å². The van der Waals surface area contributed by atoms with Crippen molar-refractivity contribution in [2.75, 3.05) is 6.54 Å². The first kappa shape index (κ1) is 22.7. The Kier molecular flexibility index (Phi) is 5.99. The van der Waals surface area contributed by atoms with Gasteiger partial charge in [-0.2, -0.15) is 0 Å². The quantitative estimate of drug-likeness (QED) is 0.265. The molecule has 0 unspecified atom stereocenters. The highest BCUT2D eigenvalue weighted by molar-refractivity contribution is 6.06. The maximum Gasteiger partial charge on any atom is 0.340 e. The van der Waals surface area contributed by atoms with Crippen molar-refractivity contribution in [3.05, 3.63) is 88.0 Å². The second kappa shape index (κ2) is 9.25. The lowest BCUT2D eigenvalue weighted by atomic mass is 9.96. The van der Waals surface area contributed by atoms with Crippen molar-refractivity contribution in [2.24, 2.45) is 0 Å². The summed E-state index contributed by atoms with van der Waals surface area (Å²) in [5, 5.41) is 4.68. The molecule has 2 aromatic carbocycles. The number of hydrogen-bond acceptors (Lipinski definition) is 5. The third-order valence-electron chi connectivity index (χ3n) is 6.51. The summed E-state index contributed by atoms with van der Waals surface area (Å²) in [5.41, 5.74) is 4.72. The topological polar surface area (TPSA) is 90.3 Å². The number of aryl methyl sites for hydroxylation is 4. The van der Waals surface area contributed by atoms with Gasteiger partial charge in [0.1, 0.15) is 16.9 Å². The minimum atomic E-state index is -0.488. The fraction of sp³-hybridized carbons (Fsp3) is 0.250. The highest BCUT2D eigenvalue weighted by Gasteiger charge is 2.21. The van der Waals surface area contributed by atoms with Gasteiger partial charge in [0, 0.05) is 47.4 Å². The monoisotopic (exact) mass is 469 g/mol. The minimum absolute atomic E-state index is 0.0256. The maximum absolute atomic E-state index is 12.9. The Hall–Kier alpha value is -4.13. The molecule has 0 saturated carbocycles. The van der Waals surface area contributed by atoms with E-state index < -0.39 is 5.63 Å². The van der Waals surface area contributed by atoms with Crippen molar-refractivity contribution in [1.82, 2.24) is 14.9 Å². The Morgan fingerprint density at radius 1 is 1.03 bits per heavy atom. The van der Waals surface area contributed by atoms with Crippen molar-refractivity contribution in [3.8, 4) is 11.1 Å². The SMILES string of the molecule is Cc1oc2c(C)c3oc(=O)c(CC(=O)NCCCn4ccnc4)c(C)c3cc2c1-c1ccccc1. The summed E-state index contributed by atoms with van der Waals surface area (Å²) >= 11 is 0. The predicted molar refractivity (Wildman–Crippen MR) is 135 cm³/mol. The van der Waals surface area contributed by atoms with Crippen LogP contribution in [0.4, 0.5) is 0 Å². The van der Waals surface area contributed by atoms with Crippen LogP contribution < -0.4 is 10.9 Å². The van der Waals surface area contributed by atoms with Gasteiger partial charge in [-0.25, -0.2) is 9.78 Å². The zero-order chi connectivity index (χ0) is 24.5. The normalized spacial score (nSPS) is 11.4. The highest BCUT2D eigenvalue weighted by Crippen LogP contribution is 2.39. The van der Waals surface area contributed by atoms with Gasteiger partial charge in [-0.3, -0.25) is 4.79 Å². The Labute approximate surface area is 202 Å². The summed E-state index contributed by atoms with van der Waals surface area (Å²) in [6, 6.07) is 12.1. The summed E-state index contributed by atoms with van der Waals surface area (Å²) in [4.78, 5) is 29.5. The molecule has 0 bridgehead atoms. The largest absolute Gasteiger partial charge is 0.460 e. The van der Waals surface area contributed by atoms with E-state index in [2.05, 4.69) is 22.4 Å². The van der Waals surface area contributed by atoms with E-state index >= 15 is 0 Å². The summed E-state index contributed by atoms with van der Waals surface area (Å²) < 4.78 is 13.8. The molecule has 1 N–H and O–H groups in total. The van der Waals surface area contributed by atoms with Crippen molar-refractivity contribution in [3.63, 3.8) is 0 Å². The Morgan fingerprint density at radius 2 is 1.80 bits per heavy atom. The lowest BCUT2D eigenvalue weighted by molar-refractivity contribution is -0.120. The molecule has 5 rings (SSSR count). The zero-order valence-electron chi connectivity index (χ0n) is 20.1. The second-order valence-electron chi connectivity index (χ2n) is 8.83. The molecule has 3 heterocycles. The van der Waals surface area contributed by atoms with Crippen LogP contribution in [0.2, 0.25) is 0 Å². The first-order chi connectivity index (χ1) is 16.9. The summed E-state index contributed by atoms with van der Waals surface area (Å²) in [6.07, 6.45) is 6.10. The standard InChI is InChI=1S/C28H27N3O4/c1-17-21-14-23-25(20-8-5-4-6-9-20)19(3)34-27(23)18(2)26(21)35-28(33)22(17)15-24(32)30-10-7-12-31-13-11-29-16-31/h4-6,8-9,11,13-14,16H,7,10,12,15H2,1-3H3,(H,30,32). The fourth-order valence-electron chi connectivity index (χ4n) is 4.67. The second-order valence-corrected chi connectivity index (χ2v) is 8.83. The molecule has 7 heteroatoms. The maximum atomic E-state index is 12.9. The van der Waals surface area contributed by atoms with Crippen molar-refractivity contribution < 1.29 is 13.6 Å². The van der Waals surface area contributed by atoms with Crippen LogP contribution in [0.25, 0.3) is 33.1 Å². The molecule has 5 aromatic rings. The van der Waals surface area contributed by atoms with Crippen LogP contribution in [0.1, 0.15) is 28.9 Å². The number of benzene rings is 2. The van der Waals surface area contributed by atoms with Crippen molar-refractivity contribution in [1.29, 1.82) is 0 Å². The molecular weight excluding hydrogens is 442 g/mol. The molecule has 0 spiro atoms. The van der Waals surface area contributed by atoms with Crippen molar-refractivity contribution in [2.45, 2.75) is 40.2 Å². The Bertz CT molecular complexity index is 1580. The van der Waals surface area contributed by atoms with Crippen LogP contribution in [0.5, 0.6) is 0 Å². The number of hydrogen-bond donors (Lipinski definition) is 1. The molecule has 0 radical (unpaired) electrons. The van der Waals surface area contributed by atoms with Crippen LogP contribution in [0, 0.1) is 20.8 Å². The molecule has 3 aromatic heterocycles. The van der Waals surface area contributed by atoms with Crippen LogP contribution in [0.3, 0.4) is 0 Å². The number of carbonyl (C=O) groups is 1. The summed E-state index contributed by atoms with van der Waals surface area (Å²) in [5.74, 6) is 0.604. The van der Waals surface area contributed by atoms with E-state index in [0.717, 1.165) is 51.8 Å². The number of carbonyl (C=O) groups excluding carboxylic acids is 1. The summed E-state index contributed by atoms with van der Waals surface area (Å²) in [6.45, 7) is 7.00. The van der Waals surface area contributed by atoms with Gasteiger partial charge in [0.05, 0.1) is 18.3 Å². The number of nitrogens with one attached hydrogen (secondary N) is 1. The Balaban J connectivity index is 1.47. The number of rotatable bonds is 7. The van der Waals surface area contributed by atoms with E-state index in [4.69, 9.17) is 8.83 Å². The molecule has 1 amide bonds. The van der Waals surface area contributed by atoms with Gasteiger partial charge in [-0.1, -0.05) is 30.3 Å². The van der Waals surface area contributed by atoms with Crippen molar-refractivity contribution >= 4 is 27.8 Å². The first-order valence-corrected chi connectivity index (χ1v) is 11.7. The average molecular weight is 470 g/mol. The molecule has 35 heavy (non-hydrogen) atoms. The van der Waals surface area contributed by atoms with E-state index in [9.17, 15) is 9.59 Å². The molecule has 0 atom stereocenters. The minimum Gasteiger partial charge on any atom is -0.460 e. The van der Waals surface area contributed by atoms with Crippen LogP contribution in [0.15, 0.2) is 68.7 Å². The average Bonchev–Trinajstić information content (AvgIpc) is 3.48. The predicted octanol–water partition coefficient (Wildman–Crippen LogP) is 5.08. The first-order valence-electron chi connectivity index (χ1n) is 11.7. The van der Waals surface area contributed by atoms with Crippen LogP contribution in [-0.4, -0.2) is 22.0 Å². The van der Waals surface area contributed by atoms with Gasteiger partial charge in [-0.15, -0.1) is 0 Å². The zero-order valence-corrected chi connectivity index (χ0v) is 20.1. The smallest absolute Gasteiger partial charge is 0.340 e. The molecular formula is C28H27N3O4. The molecule has 0 aliphatic carbocycles. The van der Waals surface area contributed by atoms with Gasteiger partial charge in [0.2, 0.25) is 5.91 Å². The summed E-state index contributed by atoms with van der Waals surface area (Å²) in [7, 11) is 0. The van der Waals surface area contributed by atoms with E-state index in [1.807, 2.05) is 55.8 Å². The number of fused-ring (bicyclic) bond motifs is 2. The van der Waals surface area contributed by atoms with E-state index in [1.165, 1.54) is 0 Å². The molecule has 7 nitrogen and oxygen atoms in total. The number of furan rings is 1. The van der Waals surface area contributed by atoms with Gasteiger partial charge in [0.25, 0.3) is 0 Å². The lowest BCUT2D eigenvalue weighted by Crippen LogP contribution is -2.29. The third kappa shape index (κ3) is 4.25. The molecule has 0 aliphatic heterocycles. The van der Waals surface area contributed by atoms with Crippen LogP contribution >= 0.6 is 0 Å². The third-order valence-corrected chi connectivity index (χ3v) is 6.51. The molecule has 0 saturated heterocycles. The Morgan fingerprint density at radius 3 is 2.54 bits per heavy atom.